The standard InChI is InChI=1S/C19H30N2O2Si/c1-8-11-14-12-10-13-15-16(20-23-9-2)18(22)21(17(14)15)24(6,7)19(3,4)5/h10,12-13H,8-9,11H2,1-7H3/b20-16+. The molecule has 1 aromatic carbocycles. The summed E-state index contributed by atoms with van der Waals surface area (Å²) in [6.07, 6.45) is 2.01. The van der Waals surface area contributed by atoms with E-state index >= 15 is 0 Å². The van der Waals surface area contributed by atoms with Gasteiger partial charge in [0.2, 0.25) is 0 Å². The lowest BCUT2D eigenvalue weighted by atomic mass is 10.0. The number of fused-ring (bicyclic) bond motifs is 1. The zero-order chi connectivity index (χ0) is 18.1. The molecule has 0 aromatic heterocycles. The van der Waals surface area contributed by atoms with E-state index in [1.165, 1.54) is 5.56 Å². The Kier molecular flexibility index (Phi) is 5.23. The van der Waals surface area contributed by atoms with Crippen molar-refractivity contribution in [2.45, 2.75) is 65.6 Å². The monoisotopic (exact) mass is 346 g/mol. The Morgan fingerprint density at radius 1 is 1.21 bits per heavy atom. The number of rotatable bonds is 5. The third kappa shape index (κ3) is 3.01. The van der Waals surface area contributed by atoms with Crippen molar-refractivity contribution in [3.8, 4) is 0 Å². The van der Waals surface area contributed by atoms with Gasteiger partial charge in [0.05, 0.1) is 0 Å². The molecule has 0 atom stereocenters. The predicted octanol–water partition coefficient (Wildman–Crippen LogP) is 4.73. The molecule has 0 radical (unpaired) electrons. The number of carbonyl (C=O) groups is 1. The van der Waals surface area contributed by atoms with Crippen molar-refractivity contribution in [3.63, 3.8) is 0 Å². The van der Waals surface area contributed by atoms with Gasteiger partial charge < -0.3 is 9.40 Å². The van der Waals surface area contributed by atoms with Gasteiger partial charge in [-0.2, -0.15) is 0 Å². The normalized spacial score (nSPS) is 16.7. The first kappa shape index (κ1) is 18.7. The van der Waals surface area contributed by atoms with E-state index in [9.17, 15) is 4.79 Å². The molecular weight excluding hydrogens is 316 g/mol. The number of aryl methyl sites for hydroxylation is 1. The summed E-state index contributed by atoms with van der Waals surface area (Å²) in [7, 11) is -2.08. The molecule has 5 heteroatoms. The molecule has 0 unspecified atom stereocenters. The van der Waals surface area contributed by atoms with Crippen LogP contribution in [-0.2, 0) is 16.1 Å². The van der Waals surface area contributed by atoms with E-state index in [1.54, 1.807) is 0 Å². The minimum atomic E-state index is -2.08. The van der Waals surface area contributed by atoms with Gasteiger partial charge in [0, 0.05) is 11.3 Å². The van der Waals surface area contributed by atoms with Crippen LogP contribution in [0.1, 0.15) is 52.2 Å². The van der Waals surface area contributed by atoms with Gasteiger partial charge in [-0.15, -0.1) is 0 Å². The van der Waals surface area contributed by atoms with Gasteiger partial charge in [0.15, 0.2) is 13.9 Å². The summed E-state index contributed by atoms with van der Waals surface area (Å²) < 4.78 is 2.07. The van der Waals surface area contributed by atoms with Crippen LogP contribution in [0.4, 0.5) is 5.69 Å². The van der Waals surface area contributed by atoms with Crippen molar-refractivity contribution in [2.24, 2.45) is 5.16 Å². The van der Waals surface area contributed by atoms with Crippen molar-refractivity contribution in [3.05, 3.63) is 29.3 Å². The maximum Gasteiger partial charge on any atom is 0.273 e. The smallest absolute Gasteiger partial charge is 0.273 e. The lowest BCUT2D eigenvalue weighted by Crippen LogP contribution is -2.57. The van der Waals surface area contributed by atoms with Crippen LogP contribution in [0.25, 0.3) is 0 Å². The largest absolute Gasteiger partial charge is 0.395 e. The summed E-state index contributed by atoms with van der Waals surface area (Å²) in [5.74, 6) is -0.00593. The minimum absolute atomic E-state index is 0.00593. The summed E-state index contributed by atoms with van der Waals surface area (Å²) in [5.41, 5.74) is 3.67. The summed E-state index contributed by atoms with van der Waals surface area (Å²) in [6.45, 7) is 15.7. The number of hydrogen-bond donors (Lipinski definition) is 0. The van der Waals surface area contributed by atoms with Gasteiger partial charge in [-0.1, -0.05) is 70.6 Å². The average molecular weight is 347 g/mol. The molecule has 0 spiro atoms. The molecule has 1 amide bonds. The van der Waals surface area contributed by atoms with E-state index in [2.05, 4.69) is 56.6 Å². The predicted molar refractivity (Wildman–Crippen MR) is 103 cm³/mol. The second kappa shape index (κ2) is 6.71. The van der Waals surface area contributed by atoms with Crippen LogP contribution in [0.2, 0.25) is 18.1 Å². The van der Waals surface area contributed by atoms with Crippen LogP contribution in [0.5, 0.6) is 0 Å². The molecule has 4 nitrogen and oxygen atoms in total. The highest BCUT2D eigenvalue weighted by Gasteiger charge is 2.50. The summed E-state index contributed by atoms with van der Waals surface area (Å²) >= 11 is 0. The highest BCUT2D eigenvalue weighted by molar-refractivity contribution is 6.90. The zero-order valence-electron chi connectivity index (χ0n) is 16.1. The van der Waals surface area contributed by atoms with Crippen LogP contribution in [0, 0.1) is 0 Å². The molecule has 2 rings (SSSR count). The maximum atomic E-state index is 13.3. The Labute approximate surface area is 147 Å². The number of nitrogens with zero attached hydrogens (tertiary/aromatic N) is 2. The second-order valence-corrected chi connectivity index (χ2v) is 12.9. The second-order valence-electron chi connectivity index (χ2n) is 7.87. The van der Waals surface area contributed by atoms with Gasteiger partial charge in [-0.3, -0.25) is 4.79 Å². The SMILES string of the molecule is CCCc1cccc2c1N([Si](C)(C)C(C)(C)C)C(=O)/C2=N/OCC. The Balaban J connectivity index is 2.70. The topological polar surface area (TPSA) is 41.9 Å². The average Bonchev–Trinajstić information content (AvgIpc) is 2.77. The molecule has 0 saturated carbocycles. The first-order valence-electron chi connectivity index (χ1n) is 8.83. The minimum Gasteiger partial charge on any atom is -0.395 e. The fourth-order valence-corrected chi connectivity index (χ4v) is 5.03. The molecule has 1 aliphatic heterocycles. The lowest BCUT2D eigenvalue weighted by molar-refractivity contribution is -0.111. The molecule has 1 aromatic rings. The number of oxime groups is 1. The van der Waals surface area contributed by atoms with Crippen LogP contribution < -0.4 is 4.57 Å². The van der Waals surface area contributed by atoms with Crippen molar-refractivity contribution < 1.29 is 9.63 Å². The molecule has 1 aliphatic rings. The van der Waals surface area contributed by atoms with Crippen LogP contribution in [0.15, 0.2) is 23.4 Å². The molecule has 132 valence electrons. The van der Waals surface area contributed by atoms with E-state index in [1.807, 2.05) is 19.1 Å². The van der Waals surface area contributed by atoms with E-state index in [4.69, 9.17) is 4.84 Å². The Bertz CT molecular complexity index is 660. The Morgan fingerprint density at radius 3 is 2.42 bits per heavy atom. The number of carbonyl (C=O) groups excluding carboxylic acids is 1. The third-order valence-electron chi connectivity index (χ3n) is 5.20. The Morgan fingerprint density at radius 2 is 1.88 bits per heavy atom. The van der Waals surface area contributed by atoms with Gasteiger partial charge >= 0.3 is 0 Å². The molecule has 0 bridgehead atoms. The summed E-state index contributed by atoms with van der Waals surface area (Å²) in [6, 6.07) is 6.16. The third-order valence-corrected chi connectivity index (χ3v) is 10.4. The highest BCUT2D eigenvalue weighted by Crippen LogP contribution is 2.45. The summed E-state index contributed by atoms with van der Waals surface area (Å²) in [4.78, 5) is 18.5. The molecule has 1 heterocycles. The molecule has 0 saturated heterocycles. The fraction of sp³-hybridized carbons (Fsp3) is 0.579. The molecule has 24 heavy (non-hydrogen) atoms. The number of amides is 1. The lowest BCUT2D eigenvalue weighted by Gasteiger charge is -2.44. The highest BCUT2D eigenvalue weighted by atomic mass is 28.3. The maximum absolute atomic E-state index is 13.3. The molecule has 0 fully saturated rings. The number of para-hydroxylation sites is 1. The van der Waals surface area contributed by atoms with E-state index in [0.717, 1.165) is 24.1 Å². The van der Waals surface area contributed by atoms with Crippen LogP contribution >= 0.6 is 0 Å². The number of hydrogen-bond acceptors (Lipinski definition) is 3. The van der Waals surface area contributed by atoms with E-state index in [0.29, 0.717) is 12.3 Å². The van der Waals surface area contributed by atoms with Gasteiger partial charge in [-0.05, 0) is 23.9 Å². The van der Waals surface area contributed by atoms with Crippen LogP contribution in [-0.4, -0.2) is 26.5 Å². The Hall–Kier alpha value is -1.62. The molecule has 0 N–H and O–H groups in total. The van der Waals surface area contributed by atoms with Crippen LogP contribution in [0.3, 0.4) is 0 Å². The van der Waals surface area contributed by atoms with Crippen molar-refractivity contribution in [1.29, 1.82) is 0 Å². The van der Waals surface area contributed by atoms with Crippen molar-refractivity contribution in [1.82, 2.24) is 0 Å². The number of benzene rings is 1. The zero-order valence-corrected chi connectivity index (χ0v) is 17.1. The number of anilines is 1. The summed E-state index contributed by atoms with van der Waals surface area (Å²) in [5, 5.41) is 4.21. The van der Waals surface area contributed by atoms with E-state index < -0.39 is 8.24 Å². The van der Waals surface area contributed by atoms with Gasteiger partial charge in [-0.25, -0.2) is 0 Å². The molecular formula is C19H30N2O2Si. The van der Waals surface area contributed by atoms with Gasteiger partial charge in [0.1, 0.15) is 6.61 Å². The first-order chi connectivity index (χ1) is 11.2. The first-order valence-corrected chi connectivity index (χ1v) is 11.8. The van der Waals surface area contributed by atoms with Crippen molar-refractivity contribution >= 4 is 25.5 Å². The fourth-order valence-electron chi connectivity index (χ4n) is 2.93. The van der Waals surface area contributed by atoms with E-state index in [-0.39, 0.29) is 10.9 Å². The van der Waals surface area contributed by atoms with Crippen molar-refractivity contribution in [2.75, 3.05) is 11.2 Å². The quantitative estimate of drug-likeness (QED) is 0.571. The van der Waals surface area contributed by atoms with Gasteiger partial charge in [0.25, 0.3) is 5.91 Å². The molecule has 0 aliphatic carbocycles.